The van der Waals surface area contributed by atoms with Gasteiger partial charge in [-0.2, -0.15) is 0 Å². The molecule has 2 heterocycles. The van der Waals surface area contributed by atoms with Crippen molar-refractivity contribution in [2.75, 3.05) is 6.61 Å². The first-order valence-corrected chi connectivity index (χ1v) is 5.11. The zero-order valence-electron chi connectivity index (χ0n) is 9.19. The number of ether oxygens (including phenoxy) is 4. The molecule has 2 fully saturated rings. The Hall–Kier alpha value is -0.650. The van der Waals surface area contributed by atoms with Gasteiger partial charge in [-0.05, 0) is 13.8 Å². The molecule has 0 amide bonds. The van der Waals surface area contributed by atoms with Gasteiger partial charge in [0.2, 0.25) is 0 Å². The summed E-state index contributed by atoms with van der Waals surface area (Å²) in [5, 5.41) is 0. The maximum atomic E-state index is 10.6. The van der Waals surface area contributed by atoms with Gasteiger partial charge in [-0.1, -0.05) is 0 Å². The molecule has 0 N–H and O–H groups in total. The molecular weight excluding hydrogens is 200 g/mol. The third-order valence-corrected chi connectivity index (χ3v) is 2.43. The average molecular weight is 216 g/mol. The van der Waals surface area contributed by atoms with E-state index in [1.54, 1.807) is 0 Å². The number of esters is 1. The number of hydrogen-bond donors (Lipinski definition) is 0. The van der Waals surface area contributed by atoms with Crippen LogP contribution < -0.4 is 0 Å². The van der Waals surface area contributed by atoms with E-state index in [9.17, 15) is 4.79 Å². The standard InChI is InChI=1S/C10H16O5/c1-6(11)12-5-7-4-8-9(13-7)15-10(2,3)14-8/h7-9H,4-5H2,1-3H3/t7-,8+,9+/m0/s1. The second-order valence-corrected chi connectivity index (χ2v) is 4.34. The van der Waals surface area contributed by atoms with Crippen LogP contribution >= 0.6 is 0 Å². The van der Waals surface area contributed by atoms with Crippen LogP contribution in [0.15, 0.2) is 0 Å². The average Bonchev–Trinajstić information content (AvgIpc) is 2.53. The third kappa shape index (κ3) is 2.48. The van der Waals surface area contributed by atoms with E-state index in [1.807, 2.05) is 13.8 Å². The minimum Gasteiger partial charge on any atom is -0.463 e. The zero-order valence-corrected chi connectivity index (χ0v) is 9.19. The van der Waals surface area contributed by atoms with Gasteiger partial charge in [0.1, 0.15) is 12.7 Å². The smallest absolute Gasteiger partial charge is 0.302 e. The largest absolute Gasteiger partial charge is 0.463 e. The summed E-state index contributed by atoms with van der Waals surface area (Å²) in [6.45, 7) is 5.37. The molecule has 15 heavy (non-hydrogen) atoms. The van der Waals surface area contributed by atoms with Crippen molar-refractivity contribution in [3.8, 4) is 0 Å². The molecule has 2 aliphatic heterocycles. The summed E-state index contributed by atoms with van der Waals surface area (Å²) in [4.78, 5) is 10.6. The van der Waals surface area contributed by atoms with Crippen LogP contribution in [0.4, 0.5) is 0 Å². The number of carbonyl (C=O) groups excluding carboxylic acids is 1. The topological polar surface area (TPSA) is 54.0 Å². The lowest BCUT2D eigenvalue weighted by Crippen LogP contribution is -2.26. The molecule has 0 aromatic rings. The molecule has 0 aliphatic carbocycles. The van der Waals surface area contributed by atoms with Crippen LogP contribution in [0.5, 0.6) is 0 Å². The molecule has 5 heteroatoms. The van der Waals surface area contributed by atoms with Gasteiger partial charge in [0.15, 0.2) is 12.1 Å². The number of hydrogen-bond acceptors (Lipinski definition) is 5. The summed E-state index contributed by atoms with van der Waals surface area (Å²) in [6.07, 6.45) is 0.239. The highest BCUT2D eigenvalue weighted by Gasteiger charge is 2.48. The first-order chi connectivity index (χ1) is 6.96. The number of rotatable bonds is 2. The van der Waals surface area contributed by atoms with Gasteiger partial charge in [-0.25, -0.2) is 0 Å². The van der Waals surface area contributed by atoms with Crippen molar-refractivity contribution in [1.82, 2.24) is 0 Å². The Morgan fingerprint density at radius 2 is 2.20 bits per heavy atom. The number of fused-ring (bicyclic) bond motifs is 1. The summed E-state index contributed by atoms with van der Waals surface area (Å²) >= 11 is 0. The Morgan fingerprint density at radius 1 is 1.47 bits per heavy atom. The van der Waals surface area contributed by atoms with Gasteiger partial charge in [-0.3, -0.25) is 4.79 Å². The first-order valence-electron chi connectivity index (χ1n) is 5.11. The fraction of sp³-hybridized carbons (Fsp3) is 0.900. The highest BCUT2D eigenvalue weighted by atomic mass is 16.8. The van der Waals surface area contributed by atoms with Crippen molar-refractivity contribution in [1.29, 1.82) is 0 Å². The Balaban J connectivity index is 1.81. The Morgan fingerprint density at radius 3 is 2.80 bits per heavy atom. The first kappa shape index (κ1) is 10.9. The van der Waals surface area contributed by atoms with Crippen molar-refractivity contribution < 1.29 is 23.7 Å². The minimum absolute atomic E-state index is 0.0411. The van der Waals surface area contributed by atoms with Crippen LogP contribution in [-0.4, -0.2) is 36.9 Å². The van der Waals surface area contributed by atoms with Crippen LogP contribution in [0.25, 0.3) is 0 Å². The van der Waals surface area contributed by atoms with E-state index < -0.39 is 5.79 Å². The van der Waals surface area contributed by atoms with Gasteiger partial charge in [-0.15, -0.1) is 0 Å². The summed E-state index contributed by atoms with van der Waals surface area (Å²) < 4.78 is 21.6. The second-order valence-electron chi connectivity index (χ2n) is 4.34. The van der Waals surface area contributed by atoms with Gasteiger partial charge in [0.25, 0.3) is 0 Å². The van der Waals surface area contributed by atoms with E-state index in [-0.39, 0.29) is 31.1 Å². The SMILES string of the molecule is CC(=O)OC[C@@H]1C[C@H]2OC(C)(C)O[C@H]2O1. The van der Waals surface area contributed by atoms with E-state index in [0.29, 0.717) is 6.42 Å². The predicted octanol–water partition coefficient (Wildman–Crippen LogP) is 0.816. The van der Waals surface area contributed by atoms with Crippen LogP contribution in [0.2, 0.25) is 0 Å². The van der Waals surface area contributed by atoms with E-state index >= 15 is 0 Å². The normalized spacial score (nSPS) is 37.7. The molecule has 2 rings (SSSR count). The molecule has 2 saturated heterocycles. The highest BCUT2D eigenvalue weighted by Crippen LogP contribution is 2.36. The molecule has 0 aromatic carbocycles. The molecule has 86 valence electrons. The molecule has 0 spiro atoms. The Bertz CT molecular complexity index is 247. The highest BCUT2D eigenvalue weighted by molar-refractivity contribution is 5.65. The van der Waals surface area contributed by atoms with E-state index in [0.717, 1.165) is 0 Å². The van der Waals surface area contributed by atoms with E-state index in [1.165, 1.54) is 6.92 Å². The van der Waals surface area contributed by atoms with Crippen molar-refractivity contribution >= 4 is 5.97 Å². The zero-order chi connectivity index (χ0) is 11.1. The van der Waals surface area contributed by atoms with Gasteiger partial charge in [0, 0.05) is 13.3 Å². The van der Waals surface area contributed by atoms with Crippen LogP contribution in [-0.2, 0) is 23.7 Å². The molecule has 0 unspecified atom stereocenters. The Kier molecular flexibility index (Phi) is 2.70. The summed E-state index contributed by atoms with van der Waals surface area (Å²) in [5.74, 6) is -0.861. The molecule has 3 atom stereocenters. The summed E-state index contributed by atoms with van der Waals surface area (Å²) in [6, 6.07) is 0. The van der Waals surface area contributed by atoms with Crippen LogP contribution in [0.1, 0.15) is 27.2 Å². The lowest BCUT2D eigenvalue weighted by atomic mass is 10.2. The molecular formula is C10H16O5. The lowest BCUT2D eigenvalue weighted by molar-refractivity contribution is -0.209. The Labute approximate surface area is 88.6 Å². The molecule has 0 radical (unpaired) electrons. The molecule has 2 aliphatic rings. The maximum absolute atomic E-state index is 10.6. The fourth-order valence-corrected chi connectivity index (χ4v) is 1.90. The van der Waals surface area contributed by atoms with Crippen molar-refractivity contribution in [3.63, 3.8) is 0 Å². The molecule has 0 bridgehead atoms. The third-order valence-electron chi connectivity index (χ3n) is 2.43. The van der Waals surface area contributed by atoms with E-state index in [2.05, 4.69) is 0 Å². The molecule has 0 saturated carbocycles. The lowest BCUT2D eigenvalue weighted by Gasteiger charge is -2.20. The maximum Gasteiger partial charge on any atom is 0.302 e. The molecule has 5 nitrogen and oxygen atoms in total. The predicted molar refractivity (Wildman–Crippen MR) is 49.9 cm³/mol. The van der Waals surface area contributed by atoms with Crippen LogP contribution in [0.3, 0.4) is 0 Å². The minimum atomic E-state index is -0.568. The fourth-order valence-electron chi connectivity index (χ4n) is 1.90. The molecule has 0 aromatic heterocycles. The monoisotopic (exact) mass is 216 g/mol. The van der Waals surface area contributed by atoms with Crippen molar-refractivity contribution in [2.45, 2.75) is 51.5 Å². The van der Waals surface area contributed by atoms with Crippen LogP contribution in [0, 0.1) is 0 Å². The van der Waals surface area contributed by atoms with E-state index in [4.69, 9.17) is 18.9 Å². The summed E-state index contributed by atoms with van der Waals surface area (Å²) in [5.41, 5.74) is 0. The quantitative estimate of drug-likeness (QED) is 0.639. The van der Waals surface area contributed by atoms with Gasteiger partial charge in [0.05, 0.1) is 6.10 Å². The van der Waals surface area contributed by atoms with Gasteiger partial charge >= 0.3 is 5.97 Å². The van der Waals surface area contributed by atoms with Crippen molar-refractivity contribution in [2.24, 2.45) is 0 Å². The van der Waals surface area contributed by atoms with Gasteiger partial charge < -0.3 is 18.9 Å². The second kappa shape index (κ2) is 3.73. The van der Waals surface area contributed by atoms with Crippen molar-refractivity contribution in [3.05, 3.63) is 0 Å². The summed E-state index contributed by atoms with van der Waals surface area (Å²) in [7, 11) is 0. The number of carbonyl (C=O) groups is 1.